The van der Waals surface area contributed by atoms with Gasteiger partial charge >= 0.3 is 6.18 Å². The van der Waals surface area contributed by atoms with Crippen molar-refractivity contribution in [3.8, 4) is 17.3 Å². The van der Waals surface area contributed by atoms with Crippen LogP contribution in [0.5, 0.6) is 5.88 Å². The number of piperidine rings is 1. The van der Waals surface area contributed by atoms with E-state index in [-0.39, 0.29) is 23.6 Å². The third kappa shape index (κ3) is 4.41. The van der Waals surface area contributed by atoms with Crippen molar-refractivity contribution in [2.75, 3.05) is 13.1 Å². The number of carbonyl (C=O) groups is 1. The highest BCUT2D eigenvalue weighted by atomic mass is 19.4. The van der Waals surface area contributed by atoms with Crippen molar-refractivity contribution in [1.82, 2.24) is 14.9 Å². The van der Waals surface area contributed by atoms with Crippen molar-refractivity contribution < 1.29 is 35.9 Å². The molecule has 1 saturated heterocycles. The Hall–Kier alpha value is -3.50. The van der Waals surface area contributed by atoms with Gasteiger partial charge in [0.15, 0.2) is 5.82 Å². The number of aromatic nitrogens is 2. The molecule has 1 aliphatic rings. The minimum absolute atomic E-state index is 0.0164. The number of amides is 1. The van der Waals surface area contributed by atoms with Crippen molar-refractivity contribution in [2.45, 2.75) is 25.1 Å². The molecular weight excluding hydrogens is 437 g/mol. The average molecular weight is 453 g/mol. The summed E-state index contributed by atoms with van der Waals surface area (Å²) in [6.07, 6.45) is -1.45. The summed E-state index contributed by atoms with van der Waals surface area (Å²) in [5.74, 6) is -3.07. The molecule has 0 spiro atoms. The fourth-order valence-electron chi connectivity index (χ4n) is 3.48. The molecular formula is C21H16F5N3O3. The van der Waals surface area contributed by atoms with Crippen LogP contribution < -0.4 is 4.74 Å². The van der Waals surface area contributed by atoms with Crippen LogP contribution in [0.3, 0.4) is 0 Å². The van der Waals surface area contributed by atoms with Gasteiger partial charge in [-0.05, 0) is 31.0 Å². The number of carbonyl (C=O) groups excluding carboxylic acids is 1. The number of ether oxygens (including phenoxy) is 1. The third-order valence-corrected chi connectivity index (χ3v) is 4.97. The lowest BCUT2D eigenvalue weighted by atomic mass is 10.0. The first kappa shape index (κ1) is 21.7. The maximum atomic E-state index is 14.4. The first-order valence-electron chi connectivity index (χ1n) is 9.61. The SMILES string of the molecule is O=C(c1cccc(F)c1-c1ncco1)N1CCCC(Oc2ncc(C(F)(F)F)cc2F)C1. The van der Waals surface area contributed by atoms with E-state index in [0.29, 0.717) is 31.6 Å². The summed E-state index contributed by atoms with van der Waals surface area (Å²) in [6, 6.07) is 4.31. The van der Waals surface area contributed by atoms with Crippen LogP contribution in [0.4, 0.5) is 22.0 Å². The van der Waals surface area contributed by atoms with Gasteiger partial charge in [0.2, 0.25) is 5.89 Å². The molecule has 32 heavy (non-hydrogen) atoms. The monoisotopic (exact) mass is 453 g/mol. The Balaban J connectivity index is 1.52. The van der Waals surface area contributed by atoms with Crippen molar-refractivity contribution in [3.63, 3.8) is 0 Å². The molecule has 1 atom stereocenters. The molecule has 3 heterocycles. The largest absolute Gasteiger partial charge is 0.470 e. The van der Waals surface area contributed by atoms with Crippen LogP contribution in [0.15, 0.2) is 47.3 Å². The Morgan fingerprint density at radius 3 is 2.69 bits per heavy atom. The quantitative estimate of drug-likeness (QED) is 0.535. The van der Waals surface area contributed by atoms with Gasteiger partial charge in [0, 0.05) is 12.7 Å². The molecule has 0 bridgehead atoms. The zero-order valence-corrected chi connectivity index (χ0v) is 16.4. The lowest BCUT2D eigenvalue weighted by Gasteiger charge is -2.33. The Labute approximate surface area is 178 Å². The Kier molecular flexibility index (Phi) is 5.81. The van der Waals surface area contributed by atoms with E-state index in [2.05, 4.69) is 9.97 Å². The average Bonchev–Trinajstić information content (AvgIpc) is 3.28. The Bertz CT molecular complexity index is 1120. The number of hydrogen-bond donors (Lipinski definition) is 0. The maximum absolute atomic E-state index is 14.4. The highest BCUT2D eigenvalue weighted by Gasteiger charge is 2.33. The first-order chi connectivity index (χ1) is 15.2. The Morgan fingerprint density at radius 2 is 2.00 bits per heavy atom. The molecule has 1 aromatic carbocycles. The van der Waals surface area contributed by atoms with Gasteiger partial charge in [0.1, 0.15) is 18.2 Å². The number of likely N-dealkylation sites (tertiary alicyclic amines) is 1. The molecule has 0 saturated carbocycles. The van der Waals surface area contributed by atoms with Crippen molar-refractivity contribution in [3.05, 3.63) is 65.7 Å². The van der Waals surface area contributed by atoms with Gasteiger partial charge in [-0.2, -0.15) is 13.2 Å². The van der Waals surface area contributed by atoms with Gasteiger partial charge in [-0.25, -0.2) is 18.7 Å². The Morgan fingerprint density at radius 1 is 1.19 bits per heavy atom. The fourth-order valence-corrected chi connectivity index (χ4v) is 3.48. The molecule has 1 aliphatic heterocycles. The summed E-state index contributed by atoms with van der Waals surface area (Å²) in [7, 11) is 0. The van der Waals surface area contributed by atoms with E-state index >= 15 is 0 Å². The lowest BCUT2D eigenvalue weighted by Crippen LogP contribution is -2.44. The van der Waals surface area contributed by atoms with Crippen molar-refractivity contribution in [1.29, 1.82) is 0 Å². The zero-order chi connectivity index (χ0) is 22.9. The summed E-state index contributed by atoms with van der Waals surface area (Å²) in [6.45, 7) is 0.353. The number of oxazole rings is 1. The van der Waals surface area contributed by atoms with E-state index in [1.54, 1.807) is 0 Å². The molecule has 0 aliphatic carbocycles. The van der Waals surface area contributed by atoms with Crippen molar-refractivity contribution in [2.24, 2.45) is 0 Å². The predicted octanol–water partition coefficient (Wildman–Crippen LogP) is 4.72. The number of alkyl halides is 3. The fraction of sp³-hybridized carbons (Fsp3) is 0.286. The summed E-state index contributed by atoms with van der Waals surface area (Å²) >= 11 is 0. The molecule has 2 aromatic heterocycles. The van der Waals surface area contributed by atoms with Crippen LogP contribution in [-0.4, -0.2) is 40.0 Å². The number of benzene rings is 1. The van der Waals surface area contributed by atoms with Crippen LogP contribution in [0.25, 0.3) is 11.5 Å². The number of hydrogen-bond acceptors (Lipinski definition) is 5. The molecule has 3 aromatic rings. The summed E-state index contributed by atoms with van der Waals surface area (Å²) in [4.78, 5) is 21.9. The maximum Gasteiger partial charge on any atom is 0.417 e. The molecule has 0 N–H and O–H groups in total. The molecule has 6 nitrogen and oxygen atoms in total. The summed E-state index contributed by atoms with van der Waals surface area (Å²) in [5.41, 5.74) is -1.28. The van der Waals surface area contributed by atoms with Gasteiger partial charge in [0.25, 0.3) is 11.8 Å². The third-order valence-electron chi connectivity index (χ3n) is 4.97. The van der Waals surface area contributed by atoms with Crippen molar-refractivity contribution >= 4 is 5.91 Å². The molecule has 1 amide bonds. The zero-order valence-electron chi connectivity index (χ0n) is 16.4. The number of pyridine rings is 1. The predicted molar refractivity (Wildman–Crippen MR) is 101 cm³/mol. The van der Waals surface area contributed by atoms with Crippen LogP contribution in [-0.2, 0) is 6.18 Å². The van der Waals surface area contributed by atoms with Gasteiger partial charge < -0.3 is 14.1 Å². The van der Waals surface area contributed by atoms with Crippen LogP contribution >= 0.6 is 0 Å². The van der Waals surface area contributed by atoms with E-state index < -0.39 is 41.3 Å². The van der Waals surface area contributed by atoms with Gasteiger partial charge in [-0.1, -0.05) is 6.07 Å². The van der Waals surface area contributed by atoms with E-state index in [4.69, 9.17) is 9.15 Å². The second-order valence-corrected chi connectivity index (χ2v) is 7.14. The number of rotatable bonds is 4. The highest BCUT2D eigenvalue weighted by molar-refractivity contribution is 6.00. The molecule has 1 fully saturated rings. The van der Waals surface area contributed by atoms with E-state index in [1.807, 2.05) is 0 Å². The van der Waals surface area contributed by atoms with E-state index in [0.717, 1.165) is 0 Å². The summed E-state index contributed by atoms with van der Waals surface area (Å²) in [5, 5.41) is 0. The molecule has 0 radical (unpaired) electrons. The standard InChI is InChI=1S/C21H16F5N3O3/c22-15-5-1-4-14(17(15)19-27-6-8-31-19)20(30)29-7-2-3-13(11-29)32-18-16(23)9-12(10-28-18)21(24,25)26/h1,4-6,8-10,13H,2-3,7,11H2. The van der Waals surface area contributed by atoms with Gasteiger partial charge in [0.05, 0.1) is 29.4 Å². The molecule has 168 valence electrons. The second kappa shape index (κ2) is 8.56. The normalized spacial score (nSPS) is 16.8. The highest BCUT2D eigenvalue weighted by Crippen LogP contribution is 2.32. The van der Waals surface area contributed by atoms with Crippen LogP contribution in [0, 0.1) is 11.6 Å². The molecule has 11 heteroatoms. The summed E-state index contributed by atoms with van der Waals surface area (Å²) < 4.78 is 77.2. The van der Waals surface area contributed by atoms with E-state index in [9.17, 15) is 26.7 Å². The van der Waals surface area contributed by atoms with Crippen LogP contribution in [0.1, 0.15) is 28.8 Å². The van der Waals surface area contributed by atoms with Crippen LogP contribution in [0.2, 0.25) is 0 Å². The van der Waals surface area contributed by atoms with E-state index in [1.165, 1.54) is 35.6 Å². The number of halogens is 5. The minimum atomic E-state index is -4.73. The molecule has 4 rings (SSSR count). The number of nitrogens with zero attached hydrogens (tertiary/aromatic N) is 3. The minimum Gasteiger partial charge on any atom is -0.470 e. The van der Waals surface area contributed by atoms with Gasteiger partial charge in [-0.3, -0.25) is 4.79 Å². The first-order valence-corrected chi connectivity index (χ1v) is 9.61. The second-order valence-electron chi connectivity index (χ2n) is 7.14. The van der Waals surface area contributed by atoms with Gasteiger partial charge in [-0.15, -0.1) is 0 Å². The topological polar surface area (TPSA) is 68.5 Å². The smallest absolute Gasteiger partial charge is 0.417 e. The molecule has 1 unspecified atom stereocenters. The lowest BCUT2D eigenvalue weighted by molar-refractivity contribution is -0.138.